The highest BCUT2D eigenvalue weighted by Crippen LogP contribution is 2.22. The molecule has 0 saturated carbocycles. The molecule has 124 valence electrons. The lowest BCUT2D eigenvalue weighted by Crippen LogP contribution is -2.42. The van der Waals surface area contributed by atoms with Crippen LogP contribution in [-0.2, 0) is 24.1 Å². The lowest BCUT2D eigenvalue weighted by molar-refractivity contribution is -0.121. The number of rotatable bonds is 3. The maximum atomic E-state index is 12.1. The molecule has 24 heavy (non-hydrogen) atoms. The molecule has 0 atom stereocenters. The number of carbonyl (C=O) groups excluding carboxylic acids is 2. The predicted molar refractivity (Wildman–Crippen MR) is 96.5 cm³/mol. The Balaban J connectivity index is 1.56. The molecular weight excluding hydrogens is 368 g/mol. The first kappa shape index (κ1) is 16.7. The number of hydrogen-bond donors (Lipinski definition) is 2. The molecule has 0 aromatic heterocycles. The third kappa shape index (κ3) is 4.03. The molecule has 0 unspecified atom stereocenters. The van der Waals surface area contributed by atoms with Crippen molar-refractivity contribution in [1.29, 1.82) is 0 Å². The topological polar surface area (TPSA) is 58.2 Å². The maximum absolute atomic E-state index is 12.1. The van der Waals surface area contributed by atoms with Gasteiger partial charge in [-0.25, -0.2) is 0 Å². The van der Waals surface area contributed by atoms with Crippen LogP contribution >= 0.6 is 15.9 Å². The van der Waals surface area contributed by atoms with Crippen LogP contribution in [0.5, 0.6) is 0 Å². The second kappa shape index (κ2) is 7.62. The van der Waals surface area contributed by atoms with Crippen molar-refractivity contribution >= 4 is 27.7 Å². The fourth-order valence-corrected chi connectivity index (χ4v) is 3.43. The number of hydrazine groups is 1. The summed E-state index contributed by atoms with van der Waals surface area (Å²) < 4.78 is 0.687. The third-order valence-electron chi connectivity index (χ3n) is 4.21. The van der Waals surface area contributed by atoms with Crippen molar-refractivity contribution in [1.82, 2.24) is 10.9 Å². The summed E-state index contributed by atoms with van der Waals surface area (Å²) in [6, 6.07) is 13.3. The number of fused-ring (bicyclic) bond motifs is 1. The molecule has 0 bridgehead atoms. The molecule has 0 fully saturated rings. The van der Waals surface area contributed by atoms with Crippen molar-refractivity contribution in [3.05, 3.63) is 69.2 Å². The smallest absolute Gasteiger partial charge is 0.270 e. The van der Waals surface area contributed by atoms with Crippen LogP contribution in [-0.4, -0.2) is 11.8 Å². The normalized spacial score (nSPS) is 13.0. The number of carbonyl (C=O) groups is 2. The average molecular weight is 387 g/mol. The Morgan fingerprint density at radius 2 is 1.71 bits per heavy atom. The molecule has 2 N–H and O–H groups in total. The van der Waals surface area contributed by atoms with E-state index in [-0.39, 0.29) is 18.2 Å². The van der Waals surface area contributed by atoms with Gasteiger partial charge < -0.3 is 0 Å². The minimum Gasteiger partial charge on any atom is -0.273 e. The zero-order valence-corrected chi connectivity index (χ0v) is 14.9. The van der Waals surface area contributed by atoms with E-state index in [0.717, 1.165) is 18.4 Å². The van der Waals surface area contributed by atoms with E-state index in [9.17, 15) is 9.59 Å². The summed E-state index contributed by atoms with van der Waals surface area (Å²) in [5.41, 5.74) is 9.13. The summed E-state index contributed by atoms with van der Waals surface area (Å²) in [7, 11) is 0. The van der Waals surface area contributed by atoms with Crippen molar-refractivity contribution < 1.29 is 9.59 Å². The molecule has 1 aliphatic rings. The number of aryl methyl sites for hydroxylation is 2. The first-order valence-corrected chi connectivity index (χ1v) is 8.87. The lowest BCUT2D eigenvalue weighted by atomic mass is 9.90. The standard InChI is InChI=1S/C19H19BrN2O2/c20-17-8-4-3-7-16(17)19(24)22-21-18(23)12-13-9-10-14-5-1-2-6-15(14)11-13/h3-4,7-11H,1-2,5-6,12H2,(H,21,23)(H,22,24). The lowest BCUT2D eigenvalue weighted by Gasteiger charge is -2.16. The predicted octanol–water partition coefficient (Wildman–Crippen LogP) is 3.33. The van der Waals surface area contributed by atoms with Gasteiger partial charge in [-0.1, -0.05) is 30.3 Å². The SMILES string of the molecule is O=C(Cc1ccc2c(c1)CCCC2)NNC(=O)c1ccccc1Br. The fourth-order valence-electron chi connectivity index (χ4n) is 2.97. The van der Waals surface area contributed by atoms with Gasteiger partial charge >= 0.3 is 0 Å². The van der Waals surface area contributed by atoms with E-state index < -0.39 is 0 Å². The molecule has 0 aliphatic heterocycles. The van der Waals surface area contributed by atoms with Gasteiger partial charge in [0.05, 0.1) is 12.0 Å². The summed E-state index contributed by atoms with van der Waals surface area (Å²) in [6.45, 7) is 0. The average Bonchev–Trinajstić information content (AvgIpc) is 2.60. The van der Waals surface area contributed by atoms with Gasteiger partial charge in [0.1, 0.15) is 0 Å². The van der Waals surface area contributed by atoms with Gasteiger partial charge in [0, 0.05) is 4.47 Å². The molecule has 0 radical (unpaired) electrons. The zero-order valence-electron chi connectivity index (χ0n) is 13.3. The van der Waals surface area contributed by atoms with Gasteiger partial charge in [0.25, 0.3) is 5.91 Å². The highest BCUT2D eigenvalue weighted by atomic mass is 79.9. The monoisotopic (exact) mass is 386 g/mol. The quantitative estimate of drug-likeness (QED) is 0.794. The Bertz CT molecular complexity index is 774. The van der Waals surface area contributed by atoms with Crippen molar-refractivity contribution in [3.63, 3.8) is 0 Å². The van der Waals surface area contributed by atoms with Gasteiger partial charge in [-0.3, -0.25) is 20.4 Å². The second-order valence-electron chi connectivity index (χ2n) is 5.97. The molecule has 0 saturated heterocycles. The van der Waals surface area contributed by atoms with Crippen molar-refractivity contribution in [2.75, 3.05) is 0 Å². The van der Waals surface area contributed by atoms with E-state index in [1.165, 1.54) is 24.0 Å². The van der Waals surface area contributed by atoms with Crippen molar-refractivity contribution in [3.8, 4) is 0 Å². The molecule has 5 heteroatoms. The highest BCUT2D eigenvalue weighted by molar-refractivity contribution is 9.10. The van der Waals surface area contributed by atoms with Gasteiger partial charge in [-0.15, -0.1) is 0 Å². The maximum Gasteiger partial charge on any atom is 0.270 e. The number of nitrogens with one attached hydrogen (secondary N) is 2. The summed E-state index contributed by atoms with van der Waals surface area (Å²) >= 11 is 3.32. The van der Waals surface area contributed by atoms with E-state index in [2.05, 4.69) is 38.9 Å². The molecule has 0 heterocycles. The molecular formula is C19H19BrN2O2. The fraction of sp³-hybridized carbons (Fsp3) is 0.263. The largest absolute Gasteiger partial charge is 0.273 e. The molecule has 0 spiro atoms. The van der Waals surface area contributed by atoms with Gasteiger partial charge in [-0.2, -0.15) is 0 Å². The third-order valence-corrected chi connectivity index (χ3v) is 4.90. The Hall–Kier alpha value is -2.14. The Labute approximate surface area is 149 Å². The second-order valence-corrected chi connectivity index (χ2v) is 6.82. The highest BCUT2D eigenvalue weighted by Gasteiger charge is 2.13. The summed E-state index contributed by atoms with van der Waals surface area (Å²) in [5.74, 6) is -0.576. The van der Waals surface area contributed by atoms with E-state index in [0.29, 0.717) is 10.0 Å². The van der Waals surface area contributed by atoms with E-state index in [1.807, 2.05) is 12.1 Å². The van der Waals surface area contributed by atoms with E-state index >= 15 is 0 Å². The Kier molecular flexibility index (Phi) is 5.30. The minimum atomic E-state index is -0.346. The number of benzene rings is 2. The molecule has 4 nitrogen and oxygen atoms in total. The van der Waals surface area contributed by atoms with Crippen LogP contribution < -0.4 is 10.9 Å². The van der Waals surface area contributed by atoms with Crippen molar-refractivity contribution in [2.24, 2.45) is 0 Å². The Morgan fingerprint density at radius 1 is 0.958 bits per heavy atom. The number of halogens is 1. The van der Waals surface area contributed by atoms with Crippen LogP contribution in [0.25, 0.3) is 0 Å². The van der Waals surface area contributed by atoms with E-state index in [4.69, 9.17) is 0 Å². The summed E-state index contributed by atoms with van der Waals surface area (Å²) in [5, 5.41) is 0. The minimum absolute atomic E-state index is 0.230. The van der Waals surface area contributed by atoms with Crippen LogP contribution in [0.4, 0.5) is 0 Å². The van der Waals surface area contributed by atoms with E-state index in [1.54, 1.807) is 18.2 Å². The zero-order chi connectivity index (χ0) is 16.9. The van der Waals surface area contributed by atoms with Gasteiger partial charge in [0.2, 0.25) is 5.91 Å². The number of amides is 2. The van der Waals surface area contributed by atoms with Crippen LogP contribution in [0.15, 0.2) is 46.9 Å². The first-order chi connectivity index (χ1) is 11.6. The van der Waals surface area contributed by atoms with Gasteiger partial charge in [0.15, 0.2) is 0 Å². The van der Waals surface area contributed by atoms with Gasteiger partial charge in [-0.05, 0) is 70.4 Å². The molecule has 2 aromatic carbocycles. The molecule has 1 aliphatic carbocycles. The summed E-state index contributed by atoms with van der Waals surface area (Å²) in [6.07, 6.45) is 4.93. The first-order valence-electron chi connectivity index (χ1n) is 8.08. The summed E-state index contributed by atoms with van der Waals surface area (Å²) in [4.78, 5) is 24.1. The van der Waals surface area contributed by atoms with Crippen LogP contribution in [0.1, 0.15) is 39.9 Å². The molecule has 3 rings (SSSR count). The number of hydrogen-bond acceptors (Lipinski definition) is 2. The van der Waals surface area contributed by atoms with Crippen LogP contribution in [0, 0.1) is 0 Å². The van der Waals surface area contributed by atoms with Crippen molar-refractivity contribution in [2.45, 2.75) is 32.1 Å². The Morgan fingerprint density at radius 3 is 2.50 bits per heavy atom. The molecule has 2 aromatic rings. The van der Waals surface area contributed by atoms with Crippen LogP contribution in [0.3, 0.4) is 0 Å². The molecule has 2 amide bonds. The van der Waals surface area contributed by atoms with Crippen LogP contribution in [0.2, 0.25) is 0 Å².